The number of H-pyrrole nitrogens is 1. The van der Waals surface area contributed by atoms with Crippen LogP contribution in [0.15, 0.2) is 82.4 Å². The average Bonchev–Trinajstić information content (AvgIpc) is 3.41. The first-order chi connectivity index (χ1) is 14.6. The number of nitrogens with one attached hydrogen (secondary N) is 1. The second kappa shape index (κ2) is 6.34. The number of aromatic nitrogens is 2. The molecule has 2 N–H and O–H groups in total. The molecule has 1 aliphatic heterocycles. The van der Waals surface area contributed by atoms with Gasteiger partial charge in [-0.25, -0.2) is 0 Å². The summed E-state index contributed by atoms with van der Waals surface area (Å²) in [5, 5.41) is 13.3. The van der Waals surface area contributed by atoms with Crippen molar-refractivity contribution in [1.82, 2.24) is 9.55 Å². The Morgan fingerprint density at radius 1 is 0.967 bits per heavy atom. The van der Waals surface area contributed by atoms with E-state index in [1.165, 1.54) is 10.9 Å². The van der Waals surface area contributed by atoms with Crippen molar-refractivity contribution in [3.05, 3.63) is 94.1 Å². The third-order valence-corrected chi connectivity index (χ3v) is 6.58. The van der Waals surface area contributed by atoms with Gasteiger partial charge in [0.15, 0.2) is 0 Å². The molecule has 0 radical (unpaired) electrons. The number of aromatic amines is 1. The van der Waals surface area contributed by atoms with Crippen molar-refractivity contribution in [2.75, 3.05) is 0 Å². The highest BCUT2D eigenvalue weighted by atomic mass is 79.9. The molecule has 1 unspecified atom stereocenters. The number of benzene rings is 3. The fourth-order valence-electron chi connectivity index (χ4n) is 4.67. The van der Waals surface area contributed by atoms with Gasteiger partial charge in [-0.1, -0.05) is 58.4 Å². The number of hydrogen-bond acceptors (Lipinski definition) is 2. The molecule has 3 heterocycles. The predicted octanol–water partition coefficient (Wildman–Crippen LogP) is 6.39. The van der Waals surface area contributed by atoms with E-state index in [1.807, 2.05) is 48.0 Å². The third kappa shape index (κ3) is 2.36. The van der Waals surface area contributed by atoms with Crippen LogP contribution in [0.3, 0.4) is 0 Å². The third-order valence-electron chi connectivity index (χ3n) is 6.08. The largest absolute Gasteiger partial charge is 0.494 e. The number of aromatic hydroxyl groups is 1. The lowest BCUT2D eigenvalue weighted by Crippen LogP contribution is -2.11. The molecule has 0 saturated carbocycles. The topological polar surface area (TPSA) is 53.3 Å². The zero-order chi connectivity index (χ0) is 20.4. The summed E-state index contributed by atoms with van der Waals surface area (Å²) in [7, 11) is 1.89. The van der Waals surface area contributed by atoms with Crippen molar-refractivity contribution in [3.63, 3.8) is 0 Å². The maximum absolute atomic E-state index is 11.1. The van der Waals surface area contributed by atoms with Crippen LogP contribution in [0.1, 0.15) is 22.6 Å². The Labute approximate surface area is 181 Å². The summed E-state index contributed by atoms with van der Waals surface area (Å²) in [4.78, 5) is 8.43. The van der Waals surface area contributed by atoms with Gasteiger partial charge in [-0.15, -0.1) is 0 Å². The highest BCUT2D eigenvalue weighted by Crippen LogP contribution is 2.46. The number of rotatable bonds is 2. The minimum Gasteiger partial charge on any atom is -0.494 e. The minimum absolute atomic E-state index is 0.0579. The Hall–Kier alpha value is -3.31. The van der Waals surface area contributed by atoms with E-state index in [9.17, 15) is 5.11 Å². The van der Waals surface area contributed by atoms with Crippen LogP contribution in [0.2, 0.25) is 0 Å². The molecule has 4 nitrogen and oxygen atoms in total. The van der Waals surface area contributed by atoms with Crippen molar-refractivity contribution >= 4 is 49.1 Å². The maximum atomic E-state index is 11.1. The molecule has 2 aromatic heterocycles. The van der Waals surface area contributed by atoms with Crippen LogP contribution >= 0.6 is 15.9 Å². The summed E-state index contributed by atoms with van der Waals surface area (Å²) in [5.41, 5.74) is 7.03. The van der Waals surface area contributed by atoms with Crippen LogP contribution in [0.5, 0.6) is 5.88 Å². The van der Waals surface area contributed by atoms with Crippen molar-refractivity contribution in [2.45, 2.75) is 5.92 Å². The van der Waals surface area contributed by atoms with Crippen molar-refractivity contribution < 1.29 is 5.11 Å². The molecule has 0 amide bonds. The quantitative estimate of drug-likeness (QED) is 0.318. The number of fused-ring (bicyclic) bond motifs is 3. The van der Waals surface area contributed by atoms with E-state index in [0.717, 1.165) is 43.4 Å². The average molecular weight is 456 g/mol. The smallest absolute Gasteiger partial charge is 0.201 e. The molecule has 0 aliphatic carbocycles. The van der Waals surface area contributed by atoms with E-state index >= 15 is 0 Å². The first-order valence-corrected chi connectivity index (χ1v) is 10.6. The zero-order valence-electron chi connectivity index (χ0n) is 16.2. The molecule has 146 valence electrons. The molecule has 1 atom stereocenters. The van der Waals surface area contributed by atoms with Gasteiger partial charge in [0, 0.05) is 34.0 Å². The second-order valence-electron chi connectivity index (χ2n) is 7.70. The van der Waals surface area contributed by atoms with Gasteiger partial charge in [-0.3, -0.25) is 4.99 Å². The zero-order valence-corrected chi connectivity index (χ0v) is 17.8. The Morgan fingerprint density at radius 3 is 2.67 bits per heavy atom. The SMILES string of the molecule is Cn1c(O)c(C2=Nc3ccccc3C2c2c[nH]c3ccccc23)c2ccc(Br)cc21. The van der Waals surface area contributed by atoms with Crippen molar-refractivity contribution in [3.8, 4) is 5.88 Å². The van der Waals surface area contributed by atoms with Crippen LogP contribution < -0.4 is 0 Å². The van der Waals surface area contributed by atoms with Crippen molar-refractivity contribution in [1.29, 1.82) is 0 Å². The maximum Gasteiger partial charge on any atom is 0.201 e. The van der Waals surface area contributed by atoms with Gasteiger partial charge in [-0.05, 0) is 35.4 Å². The van der Waals surface area contributed by atoms with Gasteiger partial charge in [0.25, 0.3) is 0 Å². The molecule has 0 bridgehead atoms. The number of aliphatic imine (C=N–C) groups is 1. The fourth-order valence-corrected chi connectivity index (χ4v) is 5.02. The summed E-state index contributed by atoms with van der Waals surface area (Å²) >= 11 is 3.55. The molecule has 0 fully saturated rings. The van der Waals surface area contributed by atoms with Crippen LogP contribution in [0.4, 0.5) is 5.69 Å². The highest BCUT2D eigenvalue weighted by Gasteiger charge is 2.34. The van der Waals surface area contributed by atoms with E-state index in [4.69, 9.17) is 4.99 Å². The molecule has 5 aromatic rings. The Morgan fingerprint density at radius 2 is 1.77 bits per heavy atom. The van der Waals surface area contributed by atoms with Gasteiger partial charge >= 0.3 is 0 Å². The van der Waals surface area contributed by atoms with Gasteiger partial charge in [0.05, 0.1) is 28.4 Å². The molecule has 1 aliphatic rings. The Kier molecular flexibility index (Phi) is 3.71. The van der Waals surface area contributed by atoms with E-state index in [-0.39, 0.29) is 11.8 Å². The number of halogens is 1. The molecule has 0 saturated heterocycles. The second-order valence-corrected chi connectivity index (χ2v) is 8.61. The highest BCUT2D eigenvalue weighted by molar-refractivity contribution is 9.10. The lowest BCUT2D eigenvalue weighted by molar-refractivity contribution is 0.434. The van der Waals surface area contributed by atoms with Crippen LogP contribution in [-0.2, 0) is 7.05 Å². The predicted molar refractivity (Wildman–Crippen MR) is 125 cm³/mol. The Balaban J connectivity index is 1.66. The standard InChI is InChI=1S/C25H18BrN3O/c1-29-21-12-14(26)10-11-17(21)23(25(29)30)24-22(16-7-3-5-9-20(16)28-24)18-13-27-19-8-4-2-6-15(18)19/h2-13,22,27,30H,1H3. The van der Waals surface area contributed by atoms with Gasteiger partial charge in [-0.2, -0.15) is 0 Å². The summed E-state index contributed by atoms with van der Waals surface area (Å²) in [5.74, 6) is 0.178. The first kappa shape index (κ1) is 17.5. The van der Waals surface area contributed by atoms with E-state index in [2.05, 4.69) is 57.4 Å². The van der Waals surface area contributed by atoms with Crippen LogP contribution in [0, 0.1) is 0 Å². The van der Waals surface area contributed by atoms with E-state index in [0.29, 0.717) is 0 Å². The van der Waals surface area contributed by atoms with Crippen LogP contribution in [-0.4, -0.2) is 20.4 Å². The van der Waals surface area contributed by atoms with Gasteiger partial charge in [0.2, 0.25) is 5.88 Å². The number of nitrogens with zero attached hydrogens (tertiary/aromatic N) is 2. The summed E-state index contributed by atoms with van der Waals surface area (Å²) in [6.45, 7) is 0. The molecular formula is C25H18BrN3O. The normalized spacial score (nSPS) is 15.7. The summed E-state index contributed by atoms with van der Waals surface area (Å²) in [6, 6.07) is 22.7. The minimum atomic E-state index is -0.0579. The van der Waals surface area contributed by atoms with Crippen molar-refractivity contribution in [2.24, 2.45) is 12.0 Å². The van der Waals surface area contributed by atoms with E-state index in [1.54, 1.807) is 0 Å². The lowest BCUT2D eigenvalue weighted by atomic mass is 9.85. The molecular weight excluding hydrogens is 438 g/mol. The number of aryl methyl sites for hydroxylation is 1. The molecule has 30 heavy (non-hydrogen) atoms. The fraction of sp³-hybridized carbons (Fsp3) is 0.0800. The monoisotopic (exact) mass is 455 g/mol. The van der Waals surface area contributed by atoms with Gasteiger partial charge in [0.1, 0.15) is 0 Å². The summed E-state index contributed by atoms with van der Waals surface area (Å²) in [6.07, 6.45) is 2.08. The van der Waals surface area contributed by atoms with E-state index < -0.39 is 0 Å². The molecule has 6 rings (SSSR count). The van der Waals surface area contributed by atoms with Crippen LogP contribution in [0.25, 0.3) is 21.8 Å². The first-order valence-electron chi connectivity index (χ1n) is 9.84. The molecule has 3 aromatic carbocycles. The van der Waals surface area contributed by atoms with Gasteiger partial charge < -0.3 is 14.7 Å². The summed E-state index contributed by atoms with van der Waals surface area (Å²) < 4.78 is 2.81. The number of para-hydroxylation sites is 2. The lowest BCUT2D eigenvalue weighted by Gasteiger charge is -2.15. The Bertz CT molecular complexity index is 1490. The molecule has 5 heteroatoms. The molecule has 0 spiro atoms. The number of hydrogen-bond donors (Lipinski definition) is 2.